The summed E-state index contributed by atoms with van der Waals surface area (Å²) in [5.74, 6) is -0.418. The minimum atomic E-state index is -2.92. The van der Waals surface area contributed by atoms with E-state index in [2.05, 4.69) is 25.6 Å². The van der Waals surface area contributed by atoms with E-state index in [0.29, 0.717) is 30.9 Å². The number of aliphatic hydroxyl groups is 1. The summed E-state index contributed by atoms with van der Waals surface area (Å²) >= 11 is 0. The fraction of sp³-hybridized carbons (Fsp3) is 0.375. The van der Waals surface area contributed by atoms with Gasteiger partial charge >= 0.3 is 6.61 Å². The summed E-state index contributed by atoms with van der Waals surface area (Å²) in [7, 11) is 0. The summed E-state index contributed by atoms with van der Waals surface area (Å²) in [6.07, 6.45) is 0.876. The van der Waals surface area contributed by atoms with Crippen molar-refractivity contribution in [3.8, 4) is 17.0 Å². The fourth-order valence-electron chi connectivity index (χ4n) is 2.75. The van der Waals surface area contributed by atoms with Gasteiger partial charge in [-0.05, 0) is 12.1 Å². The van der Waals surface area contributed by atoms with Gasteiger partial charge in [-0.3, -0.25) is 9.89 Å². The second-order valence-electron chi connectivity index (χ2n) is 5.76. The Bertz CT molecular complexity index is 738. The zero-order valence-electron chi connectivity index (χ0n) is 13.2. The first kappa shape index (κ1) is 17.3. The van der Waals surface area contributed by atoms with Gasteiger partial charge in [-0.15, -0.1) is 0 Å². The number of β-amino-alcohol motifs (C(OH)–C–C–N with tert-alkyl or cyclic N) is 1. The van der Waals surface area contributed by atoms with Gasteiger partial charge in [-0.1, -0.05) is 12.1 Å². The summed E-state index contributed by atoms with van der Waals surface area (Å²) < 4.78 is 29.1. The molecule has 0 bridgehead atoms. The number of ether oxygens (including phenoxy) is 1. The Balaban J connectivity index is 1.72. The van der Waals surface area contributed by atoms with Gasteiger partial charge in [-0.25, -0.2) is 0 Å². The first-order valence-corrected chi connectivity index (χ1v) is 7.80. The van der Waals surface area contributed by atoms with Crippen LogP contribution in [0.15, 0.2) is 30.5 Å². The Morgan fingerprint density at radius 3 is 3.00 bits per heavy atom. The Labute approximate surface area is 142 Å². The van der Waals surface area contributed by atoms with Gasteiger partial charge < -0.3 is 20.5 Å². The zero-order valence-corrected chi connectivity index (χ0v) is 13.2. The van der Waals surface area contributed by atoms with Crippen molar-refractivity contribution in [3.05, 3.63) is 36.0 Å². The number of carbonyl (C=O) groups excluding carboxylic acids is 1. The third-order valence-electron chi connectivity index (χ3n) is 4.06. The number of amides is 1. The predicted octanol–water partition coefficient (Wildman–Crippen LogP) is 0.988. The lowest BCUT2D eigenvalue weighted by Gasteiger charge is -2.14. The van der Waals surface area contributed by atoms with Gasteiger partial charge in [0.1, 0.15) is 5.75 Å². The van der Waals surface area contributed by atoms with Crippen molar-refractivity contribution < 1.29 is 23.4 Å². The van der Waals surface area contributed by atoms with Crippen molar-refractivity contribution in [2.24, 2.45) is 5.92 Å². The number of aromatic nitrogens is 2. The number of alkyl halides is 2. The van der Waals surface area contributed by atoms with E-state index in [9.17, 15) is 18.7 Å². The van der Waals surface area contributed by atoms with E-state index in [4.69, 9.17) is 0 Å². The highest BCUT2D eigenvalue weighted by atomic mass is 19.3. The highest BCUT2D eigenvalue weighted by molar-refractivity contribution is 5.99. The van der Waals surface area contributed by atoms with Gasteiger partial charge in [0.25, 0.3) is 5.91 Å². The molecule has 1 fully saturated rings. The van der Waals surface area contributed by atoms with Crippen LogP contribution in [0, 0.1) is 5.92 Å². The van der Waals surface area contributed by atoms with E-state index in [1.54, 1.807) is 12.1 Å². The predicted molar refractivity (Wildman–Crippen MR) is 85.4 cm³/mol. The van der Waals surface area contributed by atoms with E-state index >= 15 is 0 Å². The number of H-pyrrole nitrogens is 1. The molecule has 1 aliphatic rings. The first-order chi connectivity index (χ1) is 12.0. The van der Waals surface area contributed by atoms with Crippen molar-refractivity contribution >= 4 is 5.91 Å². The number of hydrogen-bond donors (Lipinski definition) is 4. The molecule has 1 aromatic carbocycles. The number of carbonyl (C=O) groups is 1. The molecule has 1 aromatic heterocycles. The van der Waals surface area contributed by atoms with Gasteiger partial charge in [0.05, 0.1) is 23.6 Å². The quantitative estimate of drug-likeness (QED) is 0.621. The van der Waals surface area contributed by atoms with Gasteiger partial charge in [-0.2, -0.15) is 13.9 Å². The number of benzene rings is 1. The number of rotatable bonds is 6. The third-order valence-corrected chi connectivity index (χ3v) is 4.06. The molecule has 9 heteroatoms. The average molecular weight is 352 g/mol. The molecule has 1 saturated heterocycles. The van der Waals surface area contributed by atoms with Crippen molar-refractivity contribution in [2.75, 3.05) is 19.6 Å². The van der Waals surface area contributed by atoms with Crippen molar-refractivity contribution in [2.45, 2.75) is 12.7 Å². The topological polar surface area (TPSA) is 99.3 Å². The molecule has 2 heterocycles. The van der Waals surface area contributed by atoms with Crippen LogP contribution in [0.4, 0.5) is 8.78 Å². The molecule has 1 amide bonds. The first-order valence-electron chi connectivity index (χ1n) is 7.80. The third kappa shape index (κ3) is 4.12. The van der Waals surface area contributed by atoms with Crippen molar-refractivity contribution in [1.82, 2.24) is 20.8 Å². The second kappa shape index (κ2) is 7.58. The fourth-order valence-corrected chi connectivity index (χ4v) is 2.75. The van der Waals surface area contributed by atoms with Crippen LogP contribution in [-0.2, 0) is 0 Å². The average Bonchev–Trinajstić information content (AvgIpc) is 3.21. The maximum Gasteiger partial charge on any atom is 0.387 e. The van der Waals surface area contributed by atoms with E-state index in [-0.39, 0.29) is 23.1 Å². The molecular weight excluding hydrogens is 334 g/mol. The lowest BCUT2D eigenvalue weighted by molar-refractivity contribution is -0.0498. The Kier molecular flexibility index (Phi) is 5.25. The minimum absolute atomic E-state index is 0.00592. The SMILES string of the molecule is O=C(NCC1CNCC1O)c1cn[nH]c1-c1cccc(OC(F)F)c1. The lowest BCUT2D eigenvalue weighted by Crippen LogP contribution is -2.34. The lowest BCUT2D eigenvalue weighted by atomic mass is 10.1. The molecule has 7 nitrogen and oxygen atoms in total. The molecule has 0 saturated carbocycles. The van der Waals surface area contributed by atoms with E-state index in [0.717, 1.165) is 0 Å². The highest BCUT2D eigenvalue weighted by Crippen LogP contribution is 2.26. The molecule has 134 valence electrons. The number of hydrogen-bond acceptors (Lipinski definition) is 5. The zero-order chi connectivity index (χ0) is 17.8. The Morgan fingerprint density at radius 2 is 2.28 bits per heavy atom. The molecule has 0 spiro atoms. The summed E-state index contributed by atoms with van der Waals surface area (Å²) in [6, 6.07) is 6.02. The van der Waals surface area contributed by atoms with Crippen LogP contribution in [-0.4, -0.2) is 53.6 Å². The van der Waals surface area contributed by atoms with Crippen LogP contribution in [0.1, 0.15) is 10.4 Å². The smallest absolute Gasteiger partial charge is 0.387 e. The standard InChI is InChI=1S/C16H18F2N4O3/c17-16(18)25-11-3-1-2-9(4-11)14-12(7-21-22-14)15(24)20-6-10-5-19-8-13(10)23/h1-4,7,10,13,16,19,23H,5-6,8H2,(H,20,24)(H,21,22). The maximum atomic E-state index is 12.4. The Morgan fingerprint density at radius 1 is 1.44 bits per heavy atom. The summed E-state index contributed by atoms with van der Waals surface area (Å²) in [4.78, 5) is 12.4. The molecule has 3 rings (SSSR count). The van der Waals surface area contributed by atoms with Crippen LogP contribution < -0.4 is 15.4 Å². The van der Waals surface area contributed by atoms with E-state index in [1.165, 1.54) is 18.3 Å². The van der Waals surface area contributed by atoms with Gasteiger partial charge in [0.15, 0.2) is 0 Å². The number of nitrogens with zero attached hydrogens (tertiary/aromatic N) is 1. The Hall–Kier alpha value is -2.52. The molecule has 0 radical (unpaired) electrons. The molecule has 1 aliphatic heterocycles. The number of aromatic amines is 1. The number of halogens is 2. The molecule has 2 aromatic rings. The minimum Gasteiger partial charge on any atom is -0.435 e. The molecule has 2 atom stereocenters. The second-order valence-corrected chi connectivity index (χ2v) is 5.76. The highest BCUT2D eigenvalue weighted by Gasteiger charge is 2.26. The van der Waals surface area contributed by atoms with Gasteiger partial charge in [0, 0.05) is 31.1 Å². The molecule has 25 heavy (non-hydrogen) atoms. The van der Waals surface area contributed by atoms with Crippen LogP contribution >= 0.6 is 0 Å². The number of aliphatic hydroxyl groups excluding tert-OH is 1. The normalized spacial score (nSPS) is 20.0. The summed E-state index contributed by atoms with van der Waals surface area (Å²) in [5, 5.41) is 22.1. The largest absolute Gasteiger partial charge is 0.435 e. The van der Waals surface area contributed by atoms with Crippen LogP contribution in [0.5, 0.6) is 5.75 Å². The van der Waals surface area contributed by atoms with Crippen LogP contribution in [0.25, 0.3) is 11.3 Å². The molecule has 0 aliphatic carbocycles. The van der Waals surface area contributed by atoms with Crippen LogP contribution in [0.2, 0.25) is 0 Å². The summed E-state index contributed by atoms with van der Waals surface area (Å²) in [6.45, 7) is -1.46. The van der Waals surface area contributed by atoms with Crippen molar-refractivity contribution in [1.29, 1.82) is 0 Å². The maximum absolute atomic E-state index is 12.4. The molecule has 2 unspecified atom stereocenters. The van der Waals surface area contributed by atoms with E-state index < -0.39 is 12.7 Å². The van der Waals surface area contributed by atoms with E-state index in [1.807, 2.05) is 0 Å². The molecule has 4 N–H and O–H groups in total. The number of nitrogens with one attached hydrogen (secondary N) is 3. The monoisotopic (exact) mass is 352 g/mol. The van der Waals surface area contributed by atoms with Crippen molar-refractivity contribution in [3.63, 3.8) is 0 Å². The van der Waals surface area contributed by atoms with Gasteiger partial charge in [0.2, 0.25) is 0 Å². The molecular formula is C16H18F2N4O3. The van der Waals surface area contributed by atoms with Crippen LogP contribution in [0.3, 0.4) is 0 Å². The summed E-state index contributed by atoms with van der Waals surface area (Å²) in [5.41, 5.74) is 1.19.